The van der Waals surface area contributed by atoms with Gasteiger partial charge in [0.25, 0.3) is 5.92 Å². The fraction of sp³-hybridized carbons (Fsp3) is 0.571. The number of hydrogen-bond donors (Lipinski definition) is 1. The van der Waals surface area contributed by atoms with Crippen molar-refractivity contribution in [3.63, 3.8) is 0 Å². The maximum atomic E-state index is 12.5. The SMILES string of the molecule is NC1(c2cncs2)CC(F)(F)C1. The molecule has 0 bridgehead atoms. The van der Waals surface area contributed by atoms with Crippen LogP contribution in [0.5, 0.6) is 0 Å². The molecule has 0 atom stereocenters. The monoisotopic (exact) mass is 190 g/mol. The van der Waals surface area contributed by atoms with Crippen LogP contribution in [0.25, 0.3) is 0 Å². The van der Waals surface area contributed by atoms with Crippen molar-refractivity contribution in [1.82, 2.24) is 4.98 Å². The van der Waals surface area contributed by atoms with Gasteiger partial charge >= 0.3 is 0 Å². The fourth-order valence-electron chi connectivity index (χ4n) is 1.51. The van der Waals surface area contributed by atoms with Crippen LogP contribution >= 0.6 is 11.3 Å². The Bertz CT molecular complexity index is 276. The van der Waals surface area contributed by atoms with Gasteiger partial charge in [0.15, 0.2) is 0 Å². The highest BCUT2D eigenvalue weighted by Crippen LogP contribution is 2.50. The molecule has 1 aromatic rings. The third kappa shape index (κ3) is 1.13. The molecule has 12 heavy (non-hydrogen) atoms. The molecule has 0 unspecified atom stereocenters. The lowest BCUT2D eigenvalue weighted by Crippen LogP contribution is -2.55. The molecule has 1 aliphatic carbocycles. The summed E-state index contributed by atoms with van der Waals surface area (Å²) in [6.07, 6.45) is 1.07. The van der Waals surface area contributed by atoms with Gasteiger partial charge in [-0.15, -0.1) is 11.3 Å². The molecule has 5 heteroatoms. The summed E-state index contributed by atoms with van der Waals surface area (Å²) in [6, 6.07) is 0. The van der Waals surface area contributed by atoms with E-state index in [1.54, 1.807) is 11.7 Å². The Morgan fingerprint density at radius 1 is 1.50 bits per heavy atom. The van der Waals surface area contributed by atoms with Crippen molar-refractivity contribution in [2.24, 2.45) is 5.73 Å². The molecule has 0 aliphatic heterocycles. The molecule has 1 aromatic heterocycles. The summed E-state index contributed by atoms with van der Waals surface area (Å²) in [6.45, 7) is 0. The molecular formula is C7H8F2N2S. The van der Waals surface area contributed by atoms with Crippen LogP contribution in [0, 0.1) is 0 Å². The third-order valence-corrected chi connectivity index (χ3v) is 3.06. The summed E-state index contributed by atoms with van der Waals surface area (Å²) in [5.41, 5.74) is 6.53. The molecule has 0 radical (unpaired) electrons. The van der Waals surface area contributed by atoms with Crippen LogP contribution < -0.4 is 5.73 Å². The van der Waals surface area contributed by atoms with Crippen LogP contribution in [0.2, 0.25) is 0 Å². The zero-order valence-corrected chi connectivity index (χ0v) is 7.07. The predicted octanol–water partition coefficient (Wildman–Crippen LogP) is 1.73. The van der Waals surface area contributed by atoms with E-state index in [9.17, 15) is 8.78 Å². The second kappa shape index (κ2) is 2.23. The Morgan fingerprint density at radius 2 is 2.17 bits per heavy atom. The van der Waals surface area contributed by atoms with Crippen molar-refractivity contribution >= 4 is 11.3 Å². The van der Waals surface area contributed by atoms with Crippen molar-refractivity contribution in [2.75, 3.05) is 0 Å². The van der Waals surface area contributed by atoms with Gasteiger partial charge in [0.2, 0.25) is 0 Å². The quantitative estimate of drug-likeness (QED) is 0.732. The number of halogens is 2. The van der Waals surface area contributed by atoms with Gasteiger partial charge < -0.3 is 5.73 Å². The maximum absolute atomic E-state index is 12.5. The molecular weight excluding hydrogens is 182 g/mol. The van der Waals surface area contributed by atoms with Crippen LogP contribution in [0.1, 0.15) is 17.7 Å². The van der Waals surface area contributed by atoms with Crippen molar-refractivity contribution in [1.29, 1.82) is 0 Å². The van der Waals surface area contributed by atoms with Crippen LogP contribution in [0.15, 0.2) is 11.7 Å². The van der Waals surface area contributed by atoms with Gasteiger partial charge in [-0.2, -0.15) is 0 Å². The summed E-state index contributed by atoms with van der Waals surface area (Å²) in [5.74, 6) is -2.57. The fourth-order valence-corrected chi connectivity index (χ4v) is 2.24. The van der Waals surface area contributed by atoms with E-state index in [0.717, 1.165) is 4.88 Å². The first-order chi connectivity index (χ1) is 5.52. The van der Waals surface area contributed by atoms with Gasteiger partial charge in [-0.1, -0.05) is 0 Å². The molecule has 2 nitrogen and oxygen atoms in total. The van der Waals surface area contributed by atoms with Gasteiger partial charge in [-0.25, -0.2) is 8.78 Å². The summed E-state index contributed by atoms with van der Waals surface area (Å²) < 4.78 is 25.1. The van der Waals surface area contributed by atoms with Crippen molar-refractivity contribution in [3.05, 3.63) is 16.6 Å². The Labute approximate surface area is 72.4 Å². The minimum atomic E-state index is -2.57. The van der Waals surface area contributed by atoms with Gasteiger partial charge in [0.1, 0.15) is 0 Å². The number of hydrogen-bond acceptors (Lipinski definition) is 3. The van der Waals surface area contributed by atoms with E-state index in [0.29, 0.717) is 0 Å². The number of thiazole rings is 1. The topological polar surface area (TPSA) is 38.9 Å². The van der Waals surface area contributed by atoms with Gasteiger partial charge in [0.05, 0.1) is 11.0 Å². The van der Waals surface area contributed by atoms with Crippen molar-refractivity contribution in [2.45, 2.75) is 24.3 Å². The minimum Gasteiger partial charge on any atom is -0.320 e. The molecule has 2 N–H and O–H groups in total. The highest BCUT2D eigenvalue weighted by molar-refractivity contribution is 7.09. The predicted molar refractivity (Wildman–Crippen MR) is 42.2 cm³/mol. The molecule has 0 aromatic carbocycles. The smallest absolute Gasteiger partial charge is 0.252 e. The van der Waals surface area contributed by atoms with E-state index in [4.69, 9.17) is 5.73 Å². The standard InChI is InChI=1S/C7H8F2N2S/c8-7(9)2-6(10,3-7)5-1-11-4-12-5/h1,4H,2-3,10H2. The van der Waals surface area contributed by atoms with E-state index in [2.05, 4.69) is 4.98 Å². The normalized spacial score (nSPS) is 24.9. The maximum Gasteiger partial charge on any atom is 0.252 e. The Hall–Kier alpha value is -0.550. The average Bonchev–Trinajstić information content (AvgIpc) is 2.31. The van der Waals surface area contributed by atoms with E-state index in [1.807, 2.05) is 0 Å². The minimum absolute atomic E-state index is 0.248. The highest BCUT2D eigenvalue weighted by Gasteiger charge is 2.55. The van der Waals surface area contributed by atoms with Crippen LogP contribution in [-0.2, 0) is 5.54 Å². The summed E-state index contributed by atoms with van der Waals surface area (Å²) in [4.78, 5) is 4.57. The average molecular weight is 190 g/mol. The van der Waals surface area contributed by atoms with E-state index in [-0.39, 0.29) is 12.8 Å². The summed E-state index contributed by atoms with van der Waals surface area (Å²) >= 11 is 1.34. The largest absolute Gasteiger partial charge is 0.320 e. The van der Waals surface area contributed by atoms with E-state index >= 15 is 0 Å². The highest BCUT2D eigenvalue weighted by atomic mass is 32.1. The first-order valence-corrected chi connectivity index (χ1v) is 4.46. The summed E-state index contributed by atoms with van der Waals surface area (Å²) in [5, 5.41) is 0. The molecule has 2 rings (SSSR count). The molecule has 1 aliphatic rings. The van der Waals surface area contributed by atoms with Gasteiger partial charge in [-0.3, -0.25) is 4.98 Å². The van der Waals surface area contributed by atoms with E-state index in [1.165, 1.54) is 11.3 Å². The Kier molecular flexibility index (Phi) is 1.50. The lowest BCUT2D eigenvalue weighted by atomic mass is 9.73. The lowest BCUT2D eigenvalue weighted by Gasteiger charge is -2.43. The van der Waals surface area contributed by atoms with Gasteiger partial charge in [-0.05, 0) is 0 Å². The Balaban J connectivity index is 2.18. The zero-order valence-electron chi connectivity index (χ0n) is 6.26. The van der Waals surface area contributed by atoms with Crippen molar-refractivity contribution in [3.8, 4) is 0 Å². The second-order valence-electron chi connectivity index (χ2n) is 3.23. The van der Waals surface area contributed by atoms with Gasteiger partial charge in [0, 0.05) is 23.9 Å². The third-order valence-electron chi connectivity index (χ3n) is 2.07. The number of nitrogens with zero attached hydrogens (tertiary/aromatic N) is 1. The van der Waals surface area contributed by atoms with Crippen LogP contribution in [0.3, 0.4) is 0 Å². The second-order valence-corrected chi connectivity index (χ2v) is 4.12. The molecule has 0 spiro atoms. The lowest BCUT2D eigenvalue weighted by molar-refractivity contribution is -0.124. The molecule has 1 fully saturated rings. The molecule has 66 valence electrons. The molecule has 0 saturated heterocycles. The summed E-state index contributed by atoms with van der Waals surface area (Å²) in [7, 11) is 0. The van der Waals surface area contributed by atoms with Crippen molar-refractivity contribution < 1.29 is 8.78 Å². The Morgan fingerprint density at radius 3 is 2.58 bits per heavy atom. The van der Waals surface area contributed by atoms with Crippen LogP contribution in [-0.4, -0.2) is 10.9 Å². The first kappa shape index (κ1) is 8.07. The number of aromatic nitrogens is 1. The first-order valence-electron chi connectivity index (χ1n) is 3.58. The zero-order chi connectivity index (χ0) is 8.82. The number of rotatable bonds is 1. The molecule has 0 amide bonds. The van der Waals surface area contributed by atoms with Crippen LogP contribution in [0.4, 0.5) is 8.78 Å². The van der Waals surface area contributed by atoms with E-state index < -0.39 is 11.5 Å². The number of nitrogens with two attached hydrogens (primary N) is 1. The molecule has 1 saturated carbocycles. The number of alkyl halides is 2. The molecule has 1 heterocycles.